The Morgan fingerprint density at radius 2 is 1.95 bits per heavy atom. The Morgan fingerprint density at radius 3 is 2.55 bits per heavy atom. The molecular formula is C14H17Cl2FN4O. The summed E-state index contributed by atoms with van der Waals surface area (Å²) in [5, 5.41) is 0. The number of nitrogens with two attached hydrogens (primary N) is 1. The molecule has 2 aromatic rings. The molecule has 5 nitrogen and oxygen atoms in total. The van der Waals surface area contributed by atoms with Gasteiger partial charge in [-0.2, -0.15) is 0 Å². The van der Waals surface area contributed by atoms with E-state index in [-0.39, 0.29) is 42.6 Å². The van der Waals surface area contributed by atoms with Gasteiger partial charge in [-0.15, -0.1) is 24.8 Å². The lowest BCUT2D eigenvalue weighted by atomic mass is 10.3. The SMILES string of the molecule is Cl.Cl.N[C@@H]1CCN(C(=O)c2cncn2-c2ccc(F)cc2)C1. The number of carbonyl (C=O) groups excluding carboxylic acids is 1. The second kappa shape index (κ2) is 7.58. The van der Waals surface area contributed by atoms with Gasteiger partial charge in [0.25, 0.3) is 5.91 Å². The molecule has 0 saturated carbocycles. The molecular weight excluding hydrogens is 330 g/mol. The van der Waals surface area contributed by atoms with Crippen LogP contribution < -0.4 is 5.73 Å². The summed E-state index contributed by atoms with van der Waals surface area (Å²) in [5.74, 6) is -0.410. The van der Waals surface area contributed by atoms with E-state index in [2.05, 4.69) is 4.98 Å². The molecule has 120 valence electrons. The number of carbonyl (C=O) groups is 1. The van der Waals surface area contributed by atoms with Gasteiger partial charge in [0, 0.05) is 24.8 Å². The van der Waals surface area contributed by atoms with Crippen LogP contribution in [0.1, 0.15) is 16.9 Å². The van der Waals surface area contributed by atoms with Crippen LogP contribution in [0.4, 0.5) is 4.39 Å². The number of rotatable bonds is 2. The summed E-state index contributed by atoms with van der Waals surface area (Å²) < 4.78 is 14.6. The predicted molar refractivity (Wildman–Crippen MR) is 86.5 cm³/mol. The zero-order valence-electron chi connectivity index (χ0n) is 11.7. The summed E-state index contributed by atoms with van der Waals surface area (Å²) >= 11 is 0. The fraction of sp³-hybridized carbons (Fsp3) is 0.286. The Labute approximate surface area is 140 Å². The number of likely N-dealkylation sites (tertiary alicyclic amines) is 1. The van der Waals surface area contributed by atoms with Crippen molar-refractivity contribution in [2.75, 3.05) is 13.1 Å². The van der Waals surface area contributed by atoms with Gasteiger partial charge in [-0.1, -0.05) is 0 Å². The molecule has 1 atom stereocenters. The molecule has 0 aliphatic carbocycles. The quantitative estimate of drug-likeness (QED) is 0.904. The molecule has 0 radical (unpaired) electrons. The van der Waals surface area contributed by atoms with Crippen molar-refractivity contribution < 1.29 is 9.18 Å². The first kappa shape index (κ1) is 18.4. The highest BCUT2D eigenvalue weighted by Crippen LogP contribution is 2.16. The third kappa shape index (κ3) is 3.58. The molecule has 2 N–H and O–H groups in total. The van der Waals surface area contributed by atoms with E-state index in [4.69, 9.17) is 5.73 Å². The highest BCUT2D eigenvalue weighted by molar-refractivity contribution is 5.93. The molecule has 0 bridgehead atoms. The lowest BCUT2D eigenvalue weighted by molar-refractivity contribution is 0.0783. The Morgan fingerprint density at radius 1 is 1.27 bits per heavy atom. The summed E-state index contributed by atoms with van der Waals surface area (Å²) in [7, 11) is 0. The van der Waals surface area contributed by atoms with E-state index < -0.39 is 0 Å². The van der Waals surface area contributed by atoms with E-state index in [0.29, 0.717) is 24.5 Å². The van der Waals surface area contributed by atoms with E-state index in [9.17, 15) is 9.18 Å². The third-order valence-corrected chi connectivity index (χ3v) is 3.47. The van der Waals surface area contributed by atoms with Gasteiger partial charge in [-0.3, -0.25) is 9.36 Å². The molecule has 3 rings (SSSR count). The predicted octanol–water partition coefficient (Wildman–Crippen LogP) is 2.03. The number of halogens is 3. The average molecular weight is 347 g/mol. The topological polar surface area (TPSA) is 64.2 Å². The van der Waals surface area contributed by atoms with Crippen molar-refractivity contribution in [1.82, 2.24) is 14.5 Å². The molecule has 0 spiro atoms. The van der Waals surface area contributed by atoms with Gasteiger partial charge in [0.1, 0.15) is 11.5 Å². The first-order valence-electron chi connectivity index (χ1n) is 6.48. The van der Waals surface area contributed by atoms with Crippen molar-refractivity contribution in [3.05, 3.63) is 48.3 Å². The first-order chi connectivity index (χ1) is 9.65. The molecule has 2 heterocycles. The molecule has 0 unspecified atom stereocenters. The van der Waals surface area contributed by atoms with E-state index in [1.54, 1.807) is 27.9 Å². The molecule has 1 aliphatic heterocycles. The van der Waals surface area contributed by atoms with Gasteiger partial charge >= 0.3 is 0 Å². The molecule has 1 aromatic carbocycles. The first-order valence-corrected chi connectivity index (χ1v) is 6.48. The van der Waals surface area contributed by atoms with Crippen LogP contribution >= 0.6 is 24.8 Å². The van der Waals surface area contributed by atoms with Crippen LogP contribution in [0.2, 0.25) is 0 Å². The van der Waals surface area contributed by atoms with Crippen LogP contribution in [0.25, 0.3) is 5.69 Å². The van der Waals surface area contributed by atoms with E-state index in [1.807, 2.05) is 0 Å². The lowest BCUT2D eigenvalue weighted by Crippen LogP contribution is -2.32. The van der Waals surface area contributed by atoms with Crippen LogP contribution in [0.15, 0.2) is 36.8 Å². The van der Waals surface area contributed by atoms with E-state index >= 15 is 0 Å². The molecule has 22 heavy (non-hydrogen) atoms. The second-order valence-electron chi connectivity index (χ2n) is 4.93. The maximum absolute atomic E-state index is 13.0. The number of hydrogen-bond acceptors (Lipinski definition) is 3. The summed E-state index contributed by atoms with van der Waals surface area (Å²) in [6.07, 6.45) is 3.89. The van der Waals surface area contributed by atoms with Crippen molar-refractivity contribution in [1.29, 1.82) is 0 Å². The van der Waals surface area contributed by atoms with Gasteiger partial charge in [0.15, 0.2) is 0 Å². The summed E-state index contributed by atoms with van der Waals surface area (Å²) in [6.45, 7) is 1.22. The number of benzene rings is 1. The summed E-state index contributed by atoms with van der Waals surface area (Å²) in [4.78, 5) is 18.2. The van der Waals surface area contributed by atoms with Crippen LogP contribution in [-0.4, -0.2) is 39.5 Å². The van der Waals surface area contributed by atoms with Crippen molar-refractivity contribution in [2.45, 2.75) is 12.5 Å². The van der Waals surface area contributed by atoms with Crippen molar-refractivity contribution in [3.63, 3.8) is 0 Å². The number of amides is 1. The summed E-state index contributed by atoms with van der Waals surface area (Å²) in [5.41, 5.74) is 6.99. The molecule has 1 amide bonds. The normalized spacial score (nSPS) is 16.8. The lowest BCUT2D eigenvalue weighted by Gasteiger charge is -2.16. The van der Waals surface area contributed by atoms with Crippen molar-refractivity contribution >= 4 is 30.7 Å². The van der Waals surface area contributed by atoms with Gasteiger partial charge in [0.2, 0.25) is 0 Å². The smallest absolute Gasteiger partial charge is 0.272 e. The number of hydrogen-bond donors (Lipinski definition) is 1. The molecule has 1 aromatic heterocycles. The molecule has 1 aliphatic rings. The Balaban J connectivity index is 0.00000121. The Hall–Kier alpha value is -1.63. The molecule has 8 heteroatoms. The third-order valence-electron chi connectivity index (χ3n) is 3.47. The molecule has 1 fully saturated rings. The van der Waals surface area contributed by atoms with E-state index in [0.717, 1.165) is 6.42 Å². The minimum atomic E-state index is -0.313. The fourth-order valence-corrected chi connectivity index (χ4v) is 2.39. The highest BCUT2D eigenvalue weighted by Gasteiger charge is 2.26. The minimum absolute atomic E-state index is 0. The largest absolute Gasteiger partial charge is 0.336 e. The second-order valence-corrected chi connectivity index (χ2v) is 4.93. The fourth-order valence-electron chi connectivity index (χ4n) is 2.39. The average Bonchev–Trinajstić information content (AvgIpc) is 3.07. The van der Waals surface area contributed by atoms with E-state index in [1.165, 1.54) is 18.3 Å². The Kier molecular flexibility index (Phi) is 6.34. The zero-order chi connectivity index (χ0) is 14.1. The van der Waals surface area contributed by atoms with Gasteiger partial charge in [-0.05, 0) is 30.7 Å². The van der Waals surface area contributed by atoms with Gasteiger partial charge in [-0.25, -0.2) is 9.37 Å². The van der Waals surface area contributed by atoms with Crippen LogP contribution in [0, 0.1) is 5.82 Å². The number of nitrogens with zero attached hydrogens (tertiary/aromatic N) is 3. The Bertz CT molecular complexity index is 632. The number of imidazole rings is 1. The standard InChI is InChI=1S/C14H15FN4O.2ClH/c15-10-1-3-12(4-2-10)19-9-17-7-13(19)14(20)18-6-5-11(16)8-18;;/h1-4,7,9,11H,5-6,8,16H2;2*1H/t11-;;/m1../s1. The van der Waals surface area contributed by atoms with Crippen molar-refractivity contribution in [3.8, 4) is 5.69 Å². The van der Waals surface area contributed by atoms with Gasteiger partial charge in [0.05, 0.1) is 12.5 Å². The number of aromatic nitrogens is 2. The maximum Gasteiger partial charge on any atom is 0.272 e. The van der Waals surface area contributed by atoms with Crippen molar-refractivity contribution in [2.24, 2.45) is 5.73 Å². The van der Waals surface area contributed by atoms with Crippen LogP contribution in [0.3, 0.4) is 0 Å². The molecule has 1 saturated heterocycles. The monoisotopic (exact) mass is 346 g/mol. The minimum Gasteiger partial charge on any atom is -0.336 e. The van der Waals surface area contributed by atoms with Gasteiger partial charge < -0.3 is 10.6 Å². The maximum atomic E-state index is 13.0. The van der Waals surface area contributed by atoms with Crippen LogP contribution in [0.5, 0.6) is 0 Å². The highest BCUT2D eigenvalue weighted by atomic mass is 35.5. The zero-order valence-corrected chi connectivity index (χ0v) is 13.3. The summed E-state index contributed by atoms with van der Waals surface area (Å²) in [6, 6.07) is 5.98. The van der Waals surface area contributed by atoms with Crippen LogP contribution in [-0.2, 0) is 0 Å².